The zero-order valence-corrected chi connectivity index (χ0v) is 10.2. The number of rotatable bonds is 1. The van der Waals surface area contributed by atoms with E-state index in [1.54, 1.807) is 0 Å². The smallest absolute Gasteiger partial charge is 0.0613 e. The molecule has 0 N–H and O–H groups in total. The Bertz CT molecular complexity index is 354. The highest BCUT2D eigenvalue weighted by Gasteiger charge is 2.16. The summed E-state index contributed by atoms with van der Waals surface area (Å²) >= 11 is 11.9. The highest BCUT2D eigenvalue weighted by molar-refractivity contribution is 6.42. The molecule has 2 nitrogen and oxygen atoms in total. The van der Waals surface area contributed by atoms with E-state index in [9.17, 15) is 0 Å². The maximum absolute atomic E-state index is 6.00. The van der Waals surface area contributed by atoms with Crippen molar-refractivity contribution in [1.29, 1.82) is 0 Å². The van der Waals surface area contributed by atoms with Gasteiger partial charge in [0.05, 0.1) is 15.7 Å². The highest BCUT2D eigenvalue weighted by Crippen LogP contribution is 2.28. The van der Waals surface area contributed by atoms with Crippen molar-refractivity contribution < 1.29 is 0 Å². The van der Waals surface area contributed by atoms with Crippen molar-refractivity contribution in [3.05, 3.63) is 28.2 Å². The van der Waals surface area contributed by atoms with Crippen LogP contribution in [0, 0.1) is 0 Å². The minimum absolute atomic E-state index is 0.611. The van der Waals surface area contributed by atoms with Gasteiger partial charge in [-0.05, 0) is 31.0 Å². The van der Waals surface area contributed by atoms with Gasteiger partial charge in [0.25, 0.3) is 0 Å². The number of halogens is 2. The molecule has 1 saturated heterocycles. The molecule has 0 spiro atoms. The second kappa shape index (κ2) is 4.60. The van der Waals surface area contributed by atoms with Crippen molar-refractivity contribution in [3.63, 3.8) is 0 Å². The van der Waals surface area contributed by atoms with Gasteiger partial charge in [-0.3, -0.25) is 0 Å². The average molecular weight is 245 g/mol. The quantitative estimate of drug-likeness (QED) is 0.747. The third-order valence-electron chi connectivity index (χ3n) is 2.71. The molecule has 82 valence electrons. The van der Waals surface area contributed by atoms with Gasteiger partial charge >= 0.3 is 0 Å². The van der Waals surface area contributed by atoms with Crippen molar-refractivity contribution in [2.75, 3.05) is 25.1 Å². The largest absolute Gasteiger partial charge is 0.306 e. The van der Waals surface area contributed by atoms with Gasteiger partial charge in [-0.25, -0.2) is 5.01 Å². The van der Waals surface area contributed by atoms with Crippen LogP contribution in [0.15, 0.2) is 18.2 Å². The molecule has 2 rings (SSSR count). The Labute approximate surface area is 100 Å². The second-order valence-electron chi connectivity index (χ2n) is 3.81. The first-order valence-corrected chi connectivity index (χ1v) is 5.88. The number of hydrogen-bond acceptors (Lipinski definition) is 2. The van der Waals surface area contributed by atoms with Gasteiger partial charge in [0, 0.05) is 20.1 Å². The van der Waals surface area contributed by atoms with Crippen LogP contribution in [0.2, 0.25) is 10.0 Å². The van der Waals surface area contributed by atoms with E-state index in [-0.39, 0.29) is 0 Å². The fraction of sp³-hybridized carbons (Fsp3) is 0.455. The van der Waals surface area contributed by atoms with Gasteiger partial charge < -0.3 is 5.01 Å². The van der Waals surface area contributed by atoms with Gasteiger partial charge in [0.15, 0.2) is 0 Å². The summed E-state index contributed by atoms with van der Waals surface area (Å²) in [6, 6.07) is 5.78. The molecule has 1 aliphatic rings. The van der Waals surface area contributed by atoms with Crippen molar-refractivity contribution in [1.82, 2.24) is 5.01 Å². The van der Waals surface area contributed by atoms with Crippen LogP contribution in [0.5, 0.6) is 0 Å². The second-order valence-corrected chi connectivity index (χ2v) is 4.62. The van der Waals surface area contributed by atoms with Crippen LogP contribution in [-0.4, -0.2) is 25.1 Å². The van der Waals surface area contributed by atoms with Gasteiger partial charge in [-0.2, -0.15) is 0 Å². The molecule has 0 atom stereocenters. The van der Waals surface area contributed by atoms with Crippen molar-refractivity contribution in [2.24, 2.45) is 0 Å². The SMILES string of the molecule is CN1CCCCN1c1ccc(Cl)c(Cl)c1. The Balaban J connectivity index is 2.24. The van der Waals surface area contributed by atoms with E-state index >= 15 is 0 Å². The predicted octanol–water partition coefficient (Wildman–Crippen LogP) is 3.44. The van der Waals surface area contributed by atoms with E-state index < -0.39 is 0 Å². The Morgan fingerprint density at radius 3 is 2.47 bits per heavy atom. The van der Waals surface area contributed by atoms with E-state index in [2.05, 4.69) is 17.1 Å². The van der Waals surface area contributed by atoms with E-state index in [0.29, 0.717) is 10.0 Å². The Morgan fingerprint density at radius 2 is 1.80 bits per heavy atom. The first kappa shape index (κ1) is 11.1. The highest BCUT2D eigenvalue weighted by atomic mass is 35.5. The molecule has 1 aromatic rings. The summed E-state index contributed by atoms with van der Waals surface area (Å²) in [5.41, 5.74) is 1.12. The van der Waals surface area contributed by atoms with E-state index in [1.165, 1.54) is 12.8 Å². The summed E-state index contributed by atoms with van der Waals surface area (Å²) in [4.78, 5) is 0. The molecule has 0 saturated carbocycles. The summed E-state index contributed by atoms with van der Waals surface area (Å²) in [6.45, 7) is 2.15. The summed E-state index contributed by atoms with van der Waals surface area (Å²) < 4.78 is 0. The zero-order valence-electron chi connectivity index (χ0n) is 8.71. The number of anilines is 1. The van der Waals surface area contributed by atoms with Crippen LogP contribution in [0.4, 0.5) is 5.69 Å². The fourth-order valence-corrected chi connectivity index (χ4v) is 2.16. The monoisotopic (exact) mass is 244 g/mol. The summed E-state index contributed by atoms with van der Waals surface area (Å²) in [5.74, 6) is 0. The molecule has 4 heteroatoms. The van der Waals surface area contributed by atoms with Crippen LogP contribution in [0.1, 0.15) is 12.8 Å². The molecule has 0 unspecified atom stereocenters. The third kappa shape index (κ3) is 2.39. The fourth-order valence-electron chi connectivity index (χ4n) is 1.87. The maximum atomic E-state index is 6.00. The lowest BCUT2D eigenvalue weighted by Crippen LogP contribution is -2.44. The lowest BCUT2D eigenvalue weighted by Gasteiger charge is -2.37. The van der Waals surface area contributed by atoms with Crippen molar-refractivity contribution in [2.45, 2.75) is 12.8 Å². The molecule has 1 aromatic carbocycles. The van der Waals surface area contributed by atoms with Crippen LogP contribution < -0.4 is 5.01 Å². The number of benzene rings is 1. The molecule has 0 amide bonds. The molecule has 1 heterocycles. The summed E-state index contributed by atoms with van der Waals surface area (Å²) in [5, 5.41) is 5.70. The Hall–Kier alpha value is -0.440. The molecular formula is C11H14Cl2N2. The summed E-state index contributed by atoms with van der Waals surface area (Å²) in [6.07, 6.45) is 2.49. The first-order chi connectivity index (χ1) is 7.18. The Morgan fingerprint density at radius 1 is 1.07 bits per heavy atom. The zero-order chi connectivity index (χ0) is 10.8. The number of nitrogens with zero attached hydrogens (tertiary/aromatic N) is 2. The molecular weight excluding hydrogens is 231 g/mol. The lowest BCUT2D eigenvalue weighted by atomic mass is 10.2. The lowest BCUT2D eigenvalue weighted by molar-refractivity contribution is 0.259. The van der Waals surface area contributed by atoms with Crippen LogP contribution in [-0.2, 0) is 0 Å². The normalized spacial score (nSPS) is 18.2. The molecule has 0 aromatic heterocycles. The first-order valence-electron chi connectivity index (χ1n) is 5.12. The van der Waals surface area contributed by atoms with Gasteiger partial charge in [0.2, 0.25) is 0 Å². The topological polar surface area (TPSA) is 6.48 Å². The third-order valence-corrected chi connectivity index (χ3v) is 3.45. The predicted molar refractivity (Wildman–Crippen MR) is 65.7 cm³/mol. The van der Waals surface area contributed by atoms with Crippen molar-refractivity contribution in [3.8, 4) is 0 Å². The number of hydrazine groups is 1. The molecule has 0 radical (unpaired) electrons. The van der Waals surface area contributed by atoms with Crippen LogP contribution in [0.25, 0.3) is 0 Å². The average Bonchev–Trinajstić information content (AvgIpc) is 2.23. The molecule has 15 heavy (non-hydrogen) atoms. The van der Waals surface area contributed by atoms with Gasteiger partial charge in [-0.1, -0.05) is 23.2 Å². The molecule has 1 fully saturated rings. The minimum atomic E-state index is 0.611. The maximum Gasteiger partial charge on any atom is 0.0613 e. The number of hydrogen-bond donors (Lipinski definition) is 0. The summed E-state index contributed by atoms with van der Waals surface area (Å²) in [7, 11) is 2.10. The molecule has 0 aliphatic carbocycles. The molecule has 0 bridgehead atoms. The van der Waals surface area contributed by atoms with E-state index in [1.807, 2.05) is 18.2 Å². The Kier molecular flexibility index (Phi) is 3.39. The van der Waals surface area contributed by atoms with E-state index in [4.69, 9.17) is 23.2 Å². The van der Waals surface area contributed by atoms with Gasteiger partial charge in [0.1, 0.15) is 0 Å². The van der Waals surface area contributed by atoms with Crippen LogP contribution >= 0.6 is 23.2 Å². The van der Waals surface area contributed by atoms with Crippen LogP contribution in [0.3, 0.4) is 0 Å². The minimum Gasteiger partial charge on any atom is -0.306 e. The molecule has 1 aliphatic heterocycles. The standard InChI is InChI=1S/C11H14Cl2N2/c1-14-6-2-3-7-15(14)9-4-5-10(12)11(13)8-9/h4-5,8H,2-3,6-7H2,1H3. The van der Waals surface area contributed by atoms with Crippen molar-refractivity contribution >= 4 is 28.9 Å². The van der Waals surface area contributed by atoms with E-state index in [0.717, 1.165) is 18.8 Å². The van der Waals surface area contributed by atoms with Gasteiger partial charge in [-0.15, -0.1) is 0 Å².